The third-order valence-corrected chi connectivity index (χ3v) is 2.35. The van der Waals surface area contributed by atoms with Crippen LogP contribution in [0.25, 0.3) is 0 Å². The van der Waals surface area contributed by atoms with Gasteiger partial charge in [-0.2, -0.15) is 0 Å². The summed E-state index contributed by atoms with van der Waals surface area (Å²) in [6.07, 6.45) is 2.04. The summed E-state index contributed by atoms with van der Waals surface area (Å²) in [7, 11) is 0. The second-order valence-corrected chi connectivity index (χ2v) is 3.24. The van der Waals surface area contributed by atoms with Crippen LogP contribution in [-0.4, -0.2) is 25.2 Å². The van der Waals surface area contributed by atoms with Crippen molar-refractivity contribution in [2.45, 2.75) is 32.7 Å². The quantitative estimate of drug-likeness (QED) is 0.628. The summed E-state index contributed by atoms with van der Waals surface area (Å²) in [6, 6.07) is 0.276. The first-order valence-electron chi connectivity index (χ1n) is 4.65. The zero-order valence-electron chi connectivity index (χ0n) is 7.80. The number of hydrogen-bond donors (Lipinski definition) is 1. The Balaban J connectivity index is 2.42. The summed E-state index contributed by atoms with van der Waals surface area (Å²) in [5.74, 6) is 0.0240. The molecule has 0 aromatic rings. The smallest absolute Gasteiger partial charge is 0.310 e. The molecule has 0 aliphatic carbocycles. The van der Waals surface area contributed by atoms with E-state index < -0.39 is 0 Å². The van der Waals surface area contributed by atoms with Crippen molar-refractivity contribution in [3.05, 3.63) is 0 Å². The summed E-state index contributed by atoms with van der Waals surface area (Å²) in [6.45, 7) is 5.40. The molecule has 0 bridgehead atoms. The standard InChI is InChI=1S/C9H17NO2/c1-3-12-9(11)8-5-4-6-10-7(8)2/h7-8,10H,3-6H2,1-2H3/t7-,8?/m0/s1. The number of carbonyl (C=O) groups is 1. The van der Waals surface area contributed by atoms with Gasteiger partial charge in [0.05, 0.1) is 12.5 Å². The second-order valence-electron chi connectivity index (χ2n) is 3.24. The van der Waals surface area contributed by atoms with Gasteiger partial charge in [-0.1, -0.05) is 0 Å². The van der Waals surface area contributed by atoms with Crippen molar-refractivity contribution in [2.24, 2.45) is 5.92 Å². The number of nitrogens with one attached hydrogen (secondary N) is 1. The van der Waals surface area contributed by atoms with Crippen molar-refractivity contribution in [3.63, 3.8) is 0 Å². The van der Waals surface area contributed by atoms with Crippen LogP contribution in [0.5, 0.6) is 0 Å². The molecule has 1 rings (SSSR count). The van der Waals surface area contributed by atoms with E-state index in [0.29, 0.717) is 6.61 Å². The zero-order chi connectivity index (χ0) is 8.97. The van der Waals surface area contributed by atoms with Gasteiger partial charge in [-0.15, -0.1) is 0 Å². The average molecular weight is 171 g/mol. The van der Waals surface area contributed by atoms with Crippen LogP contribution in [0.1, 0.15) is 26.7 Å². The van der Waals surface area contributed by atoms with E-state index in [4.69, 9.17) is 4.74 Å². The molecular weight excluding hydrogens is 154 g/mol. The Labute approximate surface area is 73.5 Å². The highest BCUT2D eigenvalue weighted by atomic mass is 16.5. The lowest BCUT2D eigenvalue weighted by Crippen LogP contribution is -2.43. The summed E-state index contributed by atoms with van der Waals surface area (Å²) < 4.78 is 4.97. The molecule has 12 heavy (non-hydrogen) atoms. The lowest BCUT2D eigenvalue weighted by Gasteiger charge is -2.27. The van der Waals surface area contributed by atoms with Gasteiger partial charge in [0.2, 0.25) is 0 Å². The summed E-state index contributed by atoms with van der Waals surface area (Å²) in [4.78, 5) is 11.3. The monoisotopic (exact) mass is 171 g/mol. The molecule has 2 atom stereocenters. The van der Waals surface area contributed by atoms with E-state index >= 15 is 0 Å². The van der Waals surface area contributed by atoms with Crippen LogP contribution in [-0.2, 0) is 9.53 Å². The highest BCUT2D eigenvalue weighted by molar-refractivity contribution is 5.73. The number of carbonyl (C=O) groups excluding carboxylic acids is 1. The average Bonchev–Trinajstić information content (AvgIpc) is 2.05. The van der Waals surface area contributed by atoms with E-state index in [1.54, 1.807) is 0 Å². The summed E-state index contributed by atoms with van der Waals surface area (Å²) in [5, 5.41) is 3.27. The third kappa shape index (κ3) is 2.21. The Bertz CT molecular complexity index is 159. The van der Waals surface area contributed by atoms with Gasteiger partial charge in [-0.3, -0.25) is 4.79 Å². The molecule has 70 valence electrons. The fourth-order valence-corrected chi connectivity index (χ4v) is 1.62. The molecule has 1 unspecified atom stereocenters. The zero-order valence-corrected chi connectivity index (χ0v) is 7.80. The molecular formula is C9H17NO2. The fraction of sp³-hybridized carbons (Fsp3) is 0.889. The number of hydrogen-bond acceptors (Lipinski definition) is 3. The van der Waals surface area contributed by atoms with Gasteiger partial charge in [-0.05, 0) is 33.2 Å². The topological polar surface area (TPSA) is 38.3 Å². The molecule has 0 amide bonds. The maximum Gasteiger partial charge on any atom is 0.310 e. The van der Waals surface area contributed by atoms with Gasteiger partial charge in [0.15, 0.2) is 0 Å². The van der Waals surface area contributed by atoms with Crippen molar-refractivity contribution in [2.75, 3.05) is 13.2 Å². The molecule has 0 saturated carbocycles. The van der Waals surface area contributed by atoms with Crippen LogP contribution in [0.15, 0.2) is 0 Å². The Morgan fingerprint density at radius 3 is 3.00 bits per heavy atom. The minimum atomic E-state index is -0.0443. The maximum atomic E-state index is 11.3. The highest BCUT2D eigenvalue weighted by Crippen LogP contribution is 2.17. The van der Waals surface area contributed by atoms with E-state index in [-0.39, 0.29) is 17.9 Å². The van der Waals surface area contributed by atoms with Gasteiger partial charge in [0, 0.05) is 6.04 Å². The van der Waals surface area contributed by atoms with E-state index in [2.05, 4.69) is 5.32 Å². The van der Waals surface area contributed by atoms with Crippen LogP contribution < -0.4 is 5.32 Å². The van der Waals surface area contributed by atoms with Crippen molar-refractivity contribution < 1.29 is 9.53 Å². The molecule has 1 heterocycles. The van der Waals surface area contributed by atoms with E-state index in [1.807, 2.05) is 13.8 Å². The molecule has 0 radical (unpaired) electrons. The van der Waals surface area contributed by atoms with Crippen molar-refractivity contribution in [3.8, 4) is 0 Å². The van der Waals surface area contributed by atoms with Gasteiger partial charge in [0.25, 0.3) is 0 Å². The molecule has 1 fully saturated rings. The van der Waals surface area contributed by atoms with E-state index in [0.717, 1.165) is 19.4 Å². The van der Waals surface area contributed by atoms with Crippen molar-refractivity contribution in [1.82, 2.24) is 5.32 Å². The highest BCUT2D eigenvalue weighted by Gasteiger charge is 2.28. The third-order valence-electron chi connectivity index (χ3n) is 2.35. The predicted octanol–water partition coefficient (Wildman–Crippen LogP) is 0.938. The maximum absolute atomic E-state index is 11.3. The number of piperidine rings is 1. The second kappa shape index (κ2) is 4.45. The molecule has 3 heteroatoms. The fourth-order valence-electron chi connectivity index (χ4n) is 1.62. The Kier molecular flexibility index (Phi) is 3.53. The minimum absolute atomic E-state index is 0.0443. The number of rotatable bonds is 2. The van der Waals surface area contributed by atoms with E-state index in [9.17, 15) is 4.79 Å². The lowest BCUT2D eigenvalue weighted by atomic mass is 9.92. The van der Waals surface area contributed by atoms with Crippen molar-refractivity contribution in [1.29, 1.82) is 0 Å². The van der Waals surface area contributed by atoms with Gasteiger partial charge < -0.3 is 10.1 Å². The first kappa shape index (κ1) is 9.52. The largest absolute Gasteiger partial charge is 0.466 e. The Morgan fingerprint density at radius 1 is 1.67 bits per heavy atom. The molecule has 0 aromatic heterocycles. The SMILES string of the molecule is CCOC(=O)C1CCCN[C@H]1C. The van der Waals surface area contributed by atoms with Gasteiger partial charge >= 0.3 is 5.97 Å². The lowest BCUT2D eigenvalue weighted by molar-refractivity contribution is -0.149. The molecule has 1 aliphatic heterocycles. The van der Waals surface area contributed by atoms with E-state index in [1.165, 1.54) is 0 Å². The van der Waals surface area contributed by atoms with Crippen LogP contribution in [0.3, 0.4) is 0 Å². The molecule has 1 N–H and O–H groups in total. The van der Waals surface area contributed by atoms with Gasteiger partial charge in [0.1, 0.15) is 0 Å². The Morgan fingerprint density at radius 2 is 2.42 bits per heavy atom. The molecule has 3 nitrogen and oxygen atoms in total. The first-order valence-corrected chi connectivity index (χ1v) is 4.65. The van der Waals surface area contributed by atoms with Crippen LogP contribution in [0.4, 0.5) is 0 Å². The molecule has 1 saturated heterocycles. The Hall–Kier alpha value is -0.570. The first-order chi connectivity index (χ1) is 5.75. The molecule has 0 aromatic carbocycles. The van der Waals surface area contributed by atoms with Crippen LogP contribution in [0, 0.1) is 5.92 Å². The molecule has 0 spiro atoms. The van der Waals surface area contributed by atoms with Crippen molar-refractivity contribution >= 4 is 5.97 Å². The summed E-state index contributed by atoms with van der Waals surface area (Å²) >= 11 is 0. The normalized spacial score (nSPS) is 29.8. The number of ether oxygens (including phenoxy) is 1. The molecule has 1 aliphatic rings. The minimum Gasteiger partial charge on any atom is -0.466 e. The van der Waals surface area contributed by atoms with Crippen LogP contribution >= 0.6 is 0 Å². The van der Waals surface area contributed by atoms with Crippen LogP contribution in [0.2, 0.25) is 0 Å². The number of esters is 1. The predicted molar refractivity (Wildman–Crippen MR) is 46.8 cm³/mol. The summed E-state index contributed by atoms with van der Waals surface area (Å²) in [5.41, 5.74) is 0. The van der Waals surface area contributed by atoms with Gasteiger partial charge in [-0.25, -0.2) is 0 Å².